The zero-order valence-corrected chi connectivity index (χ0v) is 23.0. The predicted molar refractivity (Wildman–Crippen MR) is 142 cm³/mol. The van der Waals surface area contributed by atoms with Gasteiger partial charge in [0.2, 0.25) is 0 Å². The standard InChI is InChI=1S/C30H40O6/c1-19(2)9-11-35-27-13-23-15-33-18-26-24(16-34-17-25(23)29(31-7)21(27)5)14-28(22(6)30(26)32-8)36-12-10-20(3)4/h9-10,13-14H,11-12,15-18H2,1-8H3. The van der Waals surface area contributed by atoms with Crippen molar-refractivity contribution in [2.24, 2.45) is 0 Å². The fraction of sp³-hybridized carbons (Fsp3) is 0.467. The van der Waals surface area contributed by atoms with Gasteiger partial charge in [-0.2, -0.15) is 0 Å². The average molecular weight is 497 g/mol. The highest BCUT2D eigenvalue weighted by Crippen LogP contribution is 2.39. The molecule has 2 aromatic carbocycles. The maximum absolute atomic E-state index is 6.24. The van der Waals surface area contributed by atoms with Crippen LogP contribution in [-0.2, 0) is 35.9 Å². The number of methoxy groups -OCH3 is 2. The molecule has 0 fully saturated rings. The molecule has 0 aliphatic carbocycles. The molecule has 0 amide bonds. The lowest BCUT2D eigenvalue weighted by Gasteiger charge is -2.24. The van der Waals surface area contributed by atoms with Crippen molar-refractivity contribution in [1.29, 1.82) is 0 Å². The number of hydrogen-bond acceptors (Lipinski definition) is 6. The largest absolute Gasteiger partial charge is 0.496 e. The van der Waals surface area contributed by atoms with Crippen LogP contribution >= 0.6 is 0 Å². The molecule has 1 aliphatic heterocycles. The molecule has 0 radical (unpaired) electrons. The molecule has 0 N–H and O–H groups in total. The highest BCUT2D eigenvalue weighted by atomic mass is 16.5. The molecule has 196 valence electrons. The topological polar surface area (TPSA) is 55.4 Å². The van der Waals surface area contributed by atoms with Gasteiger partial charge in [0.25, 0.3) is 0 Å². The summed E-state index contributed by atoms with van der Waals surface area (Å²) in [4.78, 5) is 0. The van der Waals surface area contributed by atoms with Crippen molar-refractivity contribution < 1.29 is 28.4 Å². The highest BCUT2D eigenvalue weighted by molar-refractivity contribution is 5.55. The number of ether oxygens (including phenoxy) is 6. The monoisotopic (exact) mass is 496 g/mol. The summed E-state index contributed by atoms with van der Waals surface area (Å²) in [6, 6.07) is 4.08. The maximum atomic E-state index is 6.24. The van der Waals surface area contributed by atoms with Gasteiger partial charge in [-0.25, -0.2) is 0 Å². The number of rotatable bonds is 8. The first kappa shape index (κ1) is 27.6. The minimum absolute atomic E-state index is 0.389. The van der Waals surface area contributed by atoms with E-state index in [4.69, 9.17) is 28.4 Å². The van der Waals surface area contributed by atoms with Crippen LogP contribution in [0.15, 0.2) is 35.4 Å². The summed E-state index contributed by atoms with van der Waals surface area (Å²) >= 11 is 0. The summed E-state index contributed by atoms with van der Waals surface area (Å²) in [5.41, 5.74) is 8.26. The lowest BCUT2D eigenvalue weighted by molar-refractivity contribution is 0.0774. The molecule has 0 atom stereocenters. The minimum atomic E-state index is 0.389. The second kappa shape index (κ2) is 12.8. The number of benzene rings is 2. The van der Waals surface area contributed by atoms with E-state index >= 15 is 0 Å². The Morgan fingerprint density at radius 2 is 1.08 bits per heavy atom. The first-order valence-electron chi connectivity index (χ1n) is 12.3. The number of hydrogen-bond donors (Lipinski definition) is 0. The molecule has 0 saturated carbocycles. The summed E-state index contributed by atoms with van der Waals surface area (Å²) in [5.74, 6) is 3.12. The molecular weight excluding hydrogens is 456 g/mol. The van der Waals surface area contributed by atoms with E-state index in [-0.39, 0.29) is 0 Å². The Morgan fingerprint density at radius 3 is 1.42 bits per heavy atom. The van der Waals surface area contributed by atoms with E-state index in [1.807, 2.05) is 26.0 Å². The van der Waals surface area contributed by atoms with Gasteiger partial charge < -0.3 is 28.4 Å². The lowest BCUT2D eigenvalue weighted by Crippen LogP contribution is -2.12. The van der Waals surface area contributed by atoms with Crippen LogP contribution in [0.5, 0.6) is 23.0 Å². The minimum Gasteiger partial charge on any atom is -0.496 e. The van der Waals surface area contributed by atoms with Gasteiger partial charge in [0.05, 0.1) is 40.6 Å². The lowest BCUT2D eigenvalue weighted by atomic mass is 10.0. The van der Waals surface area contributed by atoms with E-state index in [0.29, 0.717) is 39.6 Å². The van der Waals surface area contributed by atoms with Crippen molar-refractivity contribution in [2.75, 3.05) is 27.4 Å². The molecule has 36 heavy (non-hydrogen) atoms. The van der Waals surface area contributed by atoms with E-state index in [1.54, 1.807) is 14.2 Å². The van der Waals surface area contributed by atoms with Crippen LogP contribution in [0, 0.1) is 13.8 Å². The highest BCUT2D eigenvalue weighted by Gasteiger charge is 2.22. The second-order valence-corrected chi connectivity index (χ2v) is 9.51. The molecule has 0 aromatic heterocycles. The van der Waals surface area contributed by atoms with Crippen LogP contribution in [0.25, 0.3) is 0 Å². The summed E-state index contributed by atoms with van der Waals surface area (Å²) in [6.07, 6.45) is 4.11. The fourth-order valence-corrected chi connectivity index (χ4v) is 4.22. The van der Waals surface area contributed by atoms with E-state index in [1.165, 1.54) is 11.1 Å². The van der Waals surface area contributed by atoms with Crippen molar-refractivity contribution in [3.63, 3.8) is 0 Å². The van der Waals surface area contributed by atoms with Crippen LogP contribution in [0.4, 0.5) is 0 Å². The fourth-order valence-electron chi connectivity index (χ4n) is 4.22. The Morgan fingerprint density at radius 1 is 0.694 bits per heavy atom. The molecule has 1 aliphatic rings. The summed E-state index contributed by atoms with van der Waals surface area (Å²) < 4.78 is 36.2. The van der Waals surface area contributed by atoms with Crippen LogP contribution < -0.4 is 18.9 Å². The Bertz CT molecular complexity index is 1030. The summed E-state index contributed by atoms with van der Waals surface area (Å²) in [7, 11) is 3.36. The van der Waals surface area contributed by atoms with Crippen LogP contribution in [0.3, 0.4) is 0 Å². The van der Waals surface area contributed by atoms with Gasteiger partial charge in [0, 0.05) is 22.3 Å². The number of allylic oxidation sites excluding steroid dienone is 2. The van der Waals surface area contributed by atoms with Crippen molar-refractivity contribution in [2.45, 2.75) is 68.0 Å². The van der Waals surface area contributed by atoms with Crippen molar-refractivity contribution in [1.82, 2.24) is 0 Å². The Kier molecular flexibility index (Phi) is 9.85. The van der Waals surface area contributed by atoms with Gasteiger partial charge in [-0.05, 0) is 77.0 Å². The molecule has 1 heterocycles. The first-order valence-corrected chi connectivity index (χ1v) is 12.3. The molecule has 0 saturated heterocycles. The molecule has 3 rings (SSSR count). The predicted octanol–water partition coefficient (Wildman–Crippen LogP) is 6.76. The Balaban J connectivity index is 1.93. The van der Waals surface area contributed by atoms with Gasteiger partial charge in [-0.1, -0.05) is 11.1 Å². The van der Waals surface area contributed by atoms with Crippen molar-refractivity contribution >= 4 is 0 Å². The van der Waals surface area contributed by atoms with E-state index in [2.05, 4.69) is 39.8 Å². The first-order chi connectivity index (χ1) is 17.3. The average Bonchev–Trinajstić information content (AvgIpc) is 2.83. The Labute approximate surface area is 215 Å². The summed E-state index contributed by atoms with van der Waals surface area (Å²) in [5, 5.41) is 0. The molecule has 0 spiro atoms. The normalized spacial score (nSPS) is 13.1. The van der Waals surface area contributed by atoms with E-state index in [0.717, 1.165) is 56.4 Å². The number of fused-ring (bicyclic) bond motifs is 2. The summed E-state index contributed by atoms with van der Waals surface area (Å²) in [6.45, 7) is 14.8. The molecule has 6 heteroatoms. The van der Waals surface area contributed by atoms with Crippen molar-refractivity contribution in [3.05, 3.63) is 68.8 Å². The van der Waals surface area contributed by atoms with Gasteiger partial charge in [0.15, 0.2) is 0 Å². The Hall–Kier alpha value is -2.96. The molecule has 0 bridgehead atoms. The van der Waals surface area contributed by atoms with E-state index in [9.17, 15) is 0 Å². The van der Waals surface area contributed by atoms with Crippen LogP contribution in [-0.4, -0.2) is 27.4 Å². The maximum Gasteiger partial charge on any atom is 0.131 e. The molecular formula is C30H40O6. The van der Waals surface area contributed by atoms with Gasteiger partial charge in [-0.3, -0.25) is 0 Å². The van der Waals surface area contributed by atoms with Crippen LogP contribution in [0.2, 0.25) is 0 Å². The third-order valence-corrected chi connectivity index (χ3v) is 6.23. The third-order valence-electron chi connectivity index (χ3n) is 6.23. The van der Waals surface area contributed by atoms with E-state index < -0.39 is 0 Å². The SMILES string of the molecule is COc1c(C)c(OCC=C(C)C)cc2c1COCc1cc(OCC=C(C)C)c(C)c(OC)c1COC2. The zero-order valence-electron chi connectivity index (χ0n) is 23.0. The van der Waals surface area contributed by atoms with Crippen molar-refractivity contribution in [3.8, 4) is 23.0 Å². The van der Waals surface area contributed by atoms with Gasteiger partial charge in [-0.15, -0.1) is 0 Å². The third kappa shape index (κ3) is 6.62. The molecule has 6 nitrogen and oxygen atoms in total. The quantitative estimate of drug-likeness (QED) is 0.377. The molecule has 0 unspecified atom stereocenters. The van der Waals surface area contributed by atoms with Gasteiger partial charge >= 0.3 is 0 Å². The van der Waals surface area contributed by atoms with Gasteiger partial charge in [0.1, 0.15) is 36.2 Å². The smallest absolute Gasteiger partial charge is 0.131 e. The molecule has 2 aromatic rings. The second-order valence-electron chi connectivity index (χ2n) is 9.51. The zero-order chi connectivity index (χ0) is 26.2. The van der Waals surface area contributed by atoms with Crippen LogP contribution in [0.1, 0.15) is 61.1 Å².